The van der Waals surface area contributed by atoms with E-state index < -0.39 is 5.97 Å². The third-order valence-electron chi connectivity index (χ3n) is 2.74. The molecule has 0 radical (unpaired) electrons. The summed E-state index contributed by atoms with van der Waals surface area (Å²) in [6.45, 7) is 3.67. The SMILES string of the molecule is CC(C)N(C)C(=NCC(=O)O)Nc1ccc(C#N)cc1. The van der Waals surface area contributed by atoms with Crippen LogP contribution in [0.15, 0.2) is 29.3 Å². The van der Waals surface area contributed by atoms with Crippen molar-refractivity contribution in [3.05, 3.63) is 29.8 Å². The van der Waals surface area contributed by atoms with E-state index in [1.54, 1.807) is 24.3 Å². The quantitative estimate of drug-likeness (QED) is 0.645. The van der Waals surface area contributed by atoms with Gasteiger partial charge in [-0.2, -0.15) is 5.26 Å². The second kappa shape index (κ2) is 7.14. The van der Waals surface area contributed by atoms with E-state index in [9.17, 15) is 4.79 Å². The number of rotatable bonds is 4. The van der Waals surface area contributed by atoms with E-state index in [2.05, 4.69) is 10.3 Å². The molecule has 0 unspecified atom stereocenters. The average molecular weight is 274 g/mol. The minimum atomic E-state index is -0.985. The van der Waals surface area contributed by atoms with E-state index in [0.717, 1.165) is 5.69 Å². The molecule has 1 rings (SSSR count). The Morgan fingerprint density at radius 2 is 2.05 bits per heavy atom. The van der Waals surface area contributed by atoms with Crippen LogP contribution in [0.2, 0.25) is 0 Å². The summed E-state index contributed by atoms with van der Waals surface area (Å²) in [5.74, 6) is -0.506. The fourth-order valence-electron chi connectivity index (χ4n) is 1.38. The smallest absolute Gasteiger partial charge is 0.325 e. The first kappa shape index (κ1) is 15.5. The van der Waals surface area contributed by atoms with Crippen molar-refractivity contribution in [1.29, 1.82) is 5.26 Å². The number of hydrogen-bond acceptors (Lipinski definition) is 3. The third kappa shape index (κ3) is 4.61. The van der Waals surface area contributed by atoms with E-state index in [1.807, 2.05) is 31.9 Å². The van der Waals surface area contributed by atoms with Gasteiger partial charge in [-0.25, -0.2) is 4.99 Å². The lowest BCUT2D eigenvalue weighted by atomic mass is 10.2. The first-order chi connectivity index (χ1) is 9.43. The lowest BCUT2D eigenvalue weighted by molar-refractivity contribution is -0.135. The molecule has 0 amide bonds. The molecule has 106 valence electrons. The normalized spacial score (nSPS) is 11.1. The van der Waals surface area contributed by atoms with Crippen LogP contribution in [0.25, 0.3) is 0 Å². The number of carboxylic acids is 1. The Morgan fingerprint density at radius 3 is 2.50 bits per heavy atom. The predicted molar refractivity (Wildman–Crippen MR) is 77.6 cm³/mol. The van der Waals surface area contributed by atoms with Gasteiger partial charge in [0.2, 0.25) is 0 Å². The van der Waals surface area contributed by atoms with Crippen molar-refractivity contribution >= 4 is 17.6 Å². The van der Waals surface area contributed by atoms with Gasteiger partial charge in [-0.3, -0.25) is 4.79 Å². The number of aliphatic imine (C=N–C) groups is 1. The second-order valence-corrected chi connectivity index (χ2v) is 4.55. The van der Waals surface area contributed by atoms with Gasteiger partial charge in [-0.1, -0.05) is 0 Å². The topological polar surface area (TPSA) is 88.7 Å². The molecule has 0 aliphatic rings. The molecular formula is C14H18N4O2. The minimum Gasteiger partial charge on any atom is -0.480 e. The van der Waals surface area contributed by atoms with E-state index in [-0.39, 0.29) is 12.6 Å². The Labute approximate surface area is 118 Å². The maximum atomic E-state index is 10.6. The summed E-state index contributed by atoms with van der Waals surface area (Å²) in [5.41, 5.74) is 1.32. The molecule has 6 nitrogen and oxygen atoms in total. The number of anilines is 1. The molecule has 0 aliphatic heterocycles. The standard InChI is InChI=1S/C14H18N4O2/c1-10(2)18(3)14(16-9-13(19)20)17-12-6-4-11(8-15)5-7-12/h4-7,10H,9H2,1-3H3,(H,16,17)(H,19,20). The summed E-state index contributed by atoms with van der Waals surface area (Å²) >= 11 is 0. The number of aliphatic carboxylic acids is 1. The van der Waals surface area contributed by atoms with Gasteiger partial charge >= 0.3 is 5.97 Å². The molecule has 1 aromatic rings. The van der Waals surface area contributed by atoms with Crippen molar-refractivity contribution in [3.8, 4) is 6.07 Å². The van der Waals surface area contributed by atoms with Crippen LogP contribution in [0.3, 0.4) is 0 Å². The zero-order valence-corrected chi connectivity index (χ0v) is 11.8. The van der Waals surface area contributed by atoms with E-state index in [0.29, 0.717) is 11.5 Å². The fraction of sp³-hybridized carbons (Fsp3) is 0.357. The number of carbonyl (C=O) groups is 1. The molecular weight excluding hydrogens is 256 g/mol. The summed E-state index contributed by atoms with van der Waals surface area (Å²) < 4.78 is 0. The van der Waals surface area contributed by atoms with Gasteiger partial charge in [0.15, 0.2) is 5.96 Å². The number of nitrogens with zero attached hydrogens (tertiary/aromatic N) is 3. The zero-order chi connectivity index (χ0) is 15.1. The number of nitriles is 1. The molecule has 2 N–H and O–H groups in total. The maximum absolute atomic E-state index is 10.6. The van der Waals surface area contributed by atoms with Crippen molar-refractivity contribution in [2.75, 3.05) is 18.9 Å². The summed E-state index contributed by atoms with van der Waals surface area (Å²) in [6.07, 6.45) is 0. The Balaban J connectivity index is 2.90. The van der Waals surface area contributed by atoms with Crippen LogP contribution in [-0.4, -0.2) is 41.6 Å². The number of benzene rings is 1. The third-order valence-corrected chi connectivity index (χ3v) is 2.74. The van der Waals surface area contributed by atoms with Gasteiger partial charge in [0, 0.05) is 18.8 Å². The van der Waals surface area contributed by atoms with Crippen molar-refractivity contribution in [2.24, 2.45) is 4.99 Å². The lowest BCUT2D eigenvalue weighted by Gasteiger charge is -2.26. The maximum Gasteiger partial charge on any atom is 0.325 e. The molecule has 0 spiro atoms. The summed E-state index contributed by atoms with van der Waals surface area (Å²) in [6, 6.07) is 9.10. The molecule has 0 bridgehead atoms. The fourth-order valence-corrected chi connectivity index (χ4v) is 1.38. The van der Waals surface area contributed by atoms with Gasteiger partial charge in [-0.05, 0) is 38.1 Å². The van der Waals surface area contributed by atoms with Crippen LogP contribution in [-0.2, 0) is 4.79 Å². The molecule has 6 heteroatoms. The van der Waals surface area contributed by atoms with Crippen LogP contribution < -0.4 is 5.32 Å². The molecule has 0 saturated carbocycles. The van der Waals surface area contributed by atoms with Crippen LogP contribution in [0.5, 0.6) is 0 Å². The van der Waals surface area contributed by atoms with Crippen LogP contribution >= 0.6 is 0 Å². The zero-order valence-electron chi connectivity index (χ0n) is 11.8. The highest BCUT2D eigenvalue weighted by Crippen LogP contribution is 2.10. The van der Waals surface area contributed by atoms with Gasteiger partial charge < -0.3 is 15.3 Å². The van der Waals surface area contributed by atoms with Crippen LogP contribution in [0.1, 0.15) is 19.4 Å². The first-order valence-electron chi connectivity index (χ1n) is 6.20. The number of carboxylic acid groups (broad SMARTS) is 1. The highest BCUT2D eigenvalue weighted by Gasteiger charge is 2.11. The Kier molecular flexibility index (Phi) is 5.54. The van der Waals surface area contributed by atoms with Crippen LogP contribution in [0.4, 0.5) is 5.69 Å². The second-order valence-electron chi connectivity index (χ2n) is 4.55. The summed E-state index contributed by atoms with van der Waals surface area (Å²) in [5, 5.41) is 20.5. The summed E-state index contributed by atoms with van der Waals surface area (Å²) in [7, 11) is 1.84. The molecule has 0 aliphatic carbocycles. The Bertz CT molecular complexity index is 529. The minimum absolute atomic E-state index is 0.174. The van der Waals surface area contributed by atoms with Gasteiger partial charge in [-0.15, -0.1) is 0 Å². The largest absolute Gasteiger partial charge is 0.480 e. The number of hydrogen-bond donors (Lipinski definition) is 2. The molecule has 0 atom stereocenters. The monoisotopic (exact) mass is 274 g/mol. The first-order valence-corrected chi connectivity index (χ1v) is 6.20. The Hall–Kier alpha value is -2.55. The molecule has 20 heavy (non-hydrogen) atoms. The van der Waals surface area contributed by atoms with Crippen LogP contribution in [0, 0.1) is 11.3 Å². The van der Waals surface area contributed by atoms with Crippen molar-refractivity contribution in [3.63, 3.8) is 0 Å². The lowest BCUT2D eigenvalue weighted by Crippen LogP contribution is -2.38. The van der Waals surface area contributed by atoms with Gasteiger partial charge in [0.1, 0.15) is 6.54 Å². The van der Waals surface area contributed by atoms with Crippen molar-refractivity contribution < 1.29 is 9.90 Å². The van der Waals surface area contributed by atoms with E-state index in [4.69, 9.17) is 10.4 Å². The Morgan fingerprint density at radius 1 is 1.45 bits per heavy atom. The molecule has 0 heterocycles. The molecule has 0 saturated heterocycles. The predicted octanol–water partition coefficient (Wildman–Crippen LogP) is 1.75. The molecule has 1 aromatic carbocycles. The van der Waals surface area contributed by atoms with E-state index >= 15 is 0 Å². The average Bonchev–Trinajstić information content (AvgIpc) is 2.43. The van der Waals surface area contributed by atoms with Crippen molar-refractivity contribution in [1.82, 2.24) is 4.90 Å². The van der Waals surface area contributed by atoms with Crippen molar-refractivity contribution in [2.45, 2.75) is 19.9 Å². The van der Waals surface area contributed by atoms with E-state index in [1.165, 1.54) is 0 Å². The van der Waals surface area contributed by atoms with Gasteiger partial charge in [0.05, 0.1) is 11.6 Å². The highest BCUT2D eigenvalue weighted by molar-refractivity contribution is 5.94. The molecule has 0 aromatic heterocycles. The number of nitrogens with one attached hydrogen (secondary N) is 1. The molecule has 0 fully saturated rings. The number of guanidine groups is 1. The van der Waals surface area contributed by atoms with Gasteiger partial charge in [0.25, 0.3) is 0 Å². The highest BCUT2D eigenvalue weighted by atomic mass is 16.4. The summed E-state index contributed by atoms with van der Waals surface area (Å²) in [4.78, 5) is 16.5.